The van der Waals surface area contributed by atoms with Crippen LogP contribution in [0.5, 0.6) is 11.5 Å². The van der Waals surface area contributed by atoms with E-state index in [4.69, 9.17) is 14.3 Å². The lowest BCUT2D eigenvalue weighted by molar-refractivity contribution is -0.120. The largest absolute Gasteiger partial charge is 0.490 e. The molecule has 0 atom stereocenters. The van der Waals surface area contributed by atoms with Gasteiger partial charge in [0, 0.05) is 11.3 Å². The average molecular weight is 356 g/mol. The Labute approximate surface area is 153 Å². The van der Waals surface area contributed by atoms with Gasteiger partial charge in [0.25, 0.3) is 5.91 Å². The first-order chi connectivity index (χ1) is 12.7. The molecule has 0 aliphatic rings. The molecule has 0 saturated heterocycles. The van der Waals surface area contributed by atoms with Gasteiger partial charge in [-0.15, -0.1) is 0 Å². The van der Waals surface area contributed by atoms with Crippen molar-refractivity contribution in [1.29, 1.82) is 0 Å². The Bertz CT molecular complexity index is 717. The summed E-state index contributed by atoms with van der Waals surface area (Å²) in [6.45, 7) is 4.97. The zero-order chi connectivity index (χ0) is 18.6. The molecule has 26 heavy (non-hydrogen) atoms. The number of carbonyl (C=O) groups excluding carboxylic acids is 1. The highest BCUT2D eigenvalue weighted by Gasteiger charge is 2.06. The van der Waals surface area contributed by atoms with E-state index in [-0.39, 0.29) is 12.5 Å². The number of anilines is 1. The third-order valence-electron chi connectivity index (χ3n) is 3.26. The predicted molar refractivity (Wildman–Crippen MR) is 102 cm³/mol. The summed E-state index contributed by atoms with van der Waals surface area (Å²) in [5.41, 5.74) is 1.51. The molecule has 0 fully saturated rings. The van der Waals surface area contributed by atoms with Crippen molar-refractivity contribution in [2.45, 2.75) is 20.3 Å². The van der Waals surface area contributed by atoms with Crippen LogP contribution in [0.2, 0.25) is 0 Å². The van der Waals surface area contributed by atoms with Crippen LogP contribution in [-0.2, 0) is 9.63 Å². The maximum Gasteiger partial charge on any atom is 0.265 e. The second-order valence-corrected chi connectivity index (χ2v) is 5.41. The summed E-state index contributed by atoms with van der Waals surface area (Å²) in [6, 6.07) is 14.7. The van der Waals surface area contributed by atoms with E-state index in [9.17, 15) is 4.79 Å². The lowest BCUT2D eigenvalue weighted by atomic mass is 10.2. The highest BCUT2D eigenvalue weighted by atomic mass is 16.6. The van der Waals surface area contributed by atoms with Crippen molar-refractivity contribution in [1.82, 2.24) is 0 Å². The third-order valence-corrected chi connectivity index (χ3v) is 3.26. The molecule has 0 bridgehead atoms. The number of benzene rings is 2. The molecular weight excluding hydrogens is 332 g/mol. The fourth-order valence-corrected chi connectivity index (χ4v) is 2.12. The summed E-state index contributed by atoms with van der Waals surface area (Å²) < 4.78 is 11.2. The second-order valence-electron chi connectivity index (χ2n) is 5.41. The van der Waals surface area contributed by atoms with Gasteiger partial charge >= 0.3 is 0 Å². The van der Waals surface area contributed by atoms with Gasteiger partial charge in [-0.1, -0.05) is 30.3 Å². The van der Waals surface area contributed by atoms with Crippen LogP contribution in [0.1, 0.15) is 25.8 Å². The van der Waals surface area contributed by atoms with E-state index in [1.165, 1.54) is 6.21 Å². The van der Waals surface area contributed by atoms with Gasteiger partial charge < -0.3 is 19.6 Å². The Hall–Kier alpha value is -3.02. The van der Waals surface area contributed by atoms with Gasteiger partial charge in [-0.3, -0.25) is 4.79 Å². The number of nitrogens with one attached hydrogen (secondary N) is 1. The van der Waals surface area contributed by atoms with Crippen LogP contribution in [0, 0.1) is 0 Å². The van der Waals surface area contributed by atoms with Crippen molar-refractivity contribution >= 4 is 17.8 Å². The number of nitrogens with zero attached hydrogens (tertiary/aromatic N) is 1. The highest BCUT2D eigenvalue weighted by molar-refractivity contribution is 5.91. The van der Waals surface area contributed by atoms with Crippen molar-refractivity contribution in [2.24, 2.45) is 5.16 Å². The first kappa shape index (κ1) is 19.3. The van der Waals surface area contributed by atoms with E-state index >= 15 is 0 Å². The highest BCUT2D eigenvalue weighted by Crippen LogP contribution is 2.28. The molecule has 2 aromatic carbocycles. The number of para-hydroxylation sites is 1. The SMILES string of the molecule is CCCOc1ccc(C=NOCC(=O)Nc2ccccc2)cc1OCC. The summed E-state index contributed by atoms with van der Waals surface area (Å²) >= 11 is 0. The van der Waals surface area contributed by atoms with Crippen molar-refractivity contribution in [3.05, 3.63) is 54.1 Å². The Morgan fingerprint density at radius 2 is 1.88 bits per heavy atom. The quantitative estimate of drug-likeness (QED) is 0.518. The van der Waals surface area contributed by atoms with E-state index < -0.39 is 0 Å². The van der Waals surface area contributed by atoms with Crippen LogP contribution in [0.15, 0.2) is 53.7 Å². The van der Waals surface area contributed by atoms with E-state index in [1.54, 1.807) is 12.1 Å². The van der Waals surface area contributed by atoms with Gasteiger partial charge in [0.1, 0.15) is 0 Å². The molecule has 6 heteroatoms. The lowest BCUT2D eigenvalue weighted by Crippen LogP contribution is -2.16. The van der Waals surface area contributed by atoms with Crippen LogP contribution in [0.25, 0.3) is 0 Å². The molecule has 0 aliphatic heterocycles. The normalized spacial score (nSPS) is 10.5. The van der Waals surface area contributed by atoms with Crippen LogP contribution in [0.4, 0.5) is 5.69 Å². The molecule has 2 rings (SSSR count). The summed E-state index contributed by atoms with van der Waals surface area (Å²) in [7, 11) is 0. The lowest BCUT2D eigenvalue weighted by Gasteiger charge is -2.11. The first-order valence-corrected chi connectivity index (χ1v) is 8.62. The fraction of sp³-hybridized carbons (Fsp3) is 0.300. The monoisotopic (exact) mass is 356 g/mol. The Balaban J connectivity index is 1.86. The smallest absolute Gasteiger partial charge is 0.265 e. The van der Waals surface area contributed by atoms with E-state index in [0.717, 1.165) is 12.0 Å². The van der Waals surface area contributed by atoms with Gasteiger partial charge in [0.15, 0.2) is 18.1 Å². The summed E-state index contributed by atoms with van der Waals surface area (Å²) in [6.07, 6.45) is 2.45. The zero-order valence-corrected chi connectivity index (χ0v) is 15.1. The number of hydrogen-bond acceptors (Lipinski definition) is 5. The Kier molecular flexibility index (Phi) is 7.99. The summed E-state index contributed by atoms with van der Waals surface area (Å²) in [4.78, 5) is 16.8. The van der Waals surface area contributed by atoms with Crippen molar-refractivity contribution in [3.63, 3.8) is 0 Å². The van der Waals surface area contributed by atoms with Crippen molar-refractivity contribution in [2.75, 3.05) is 25.1 Å². The molecule has 0 spiro atoms. The number of hydrogen-bond donors (Lipinski definition) is 1. The number of oxime groups is 1. The molecule has 1 amide bonds. The summed E-state index contributed by atoms with van der Waals surface area (Å²) in [5.74, 6) is 1.09. The van der Waals surface area contributed by atoms with Crippen molar-refractivity contribution in [3.8, 4) is 11.5 Å². The molecule has 0 heterocycles. The average Bonchev–Trinajstić information content (AvgIpc) is 2.65. The minimum atomic E-state index is -0.272. The maximum atomic E-state index is 11.8. The van der Waals surface area contributed by atoms with Gasteiger partial charge in [0.05, 0.1) is 19.4 Å². The Morgan fingerprint density at radius 3 is 2.62 bits per heavy atom. The number of carbonyl (C=O) groups is 1. The van der Waals surface area contributed by atoms with E-state index in [2.05, 4.69) is 10.5 Å². The molecule has 0 aromatic heterocycles. The molecule has 0 saturated carbocycles. The van der Waals surface area contributed by atoms with Crippen LogP contribution in [-0.4, -0.2) is 31.9 Å². The molecule has 6 nitrogen and oxygen atoms in total. The van der Waals surface area contributed by atoms with Crippen LogP contribution in [0.3, 0.4) is 0 Å². The number of amides is 1. The van der Waals surface area contributed by atoms with Gasteiger partial charge in [0.2, 0.25) is 0 Å². The predicted octanol–water partition coefficient (Wildman–Crippen LogP) is 3.86. The molecule has 0 aliphatic carbocycles. The second kappa shape index (κ2) is 10.8. The van der Waals surface area contributed by atoms with Crippen LogP contribution >= 0.6 is 0 Å². The van der Waals surface area contributed by atoms with Crippen molar-refractivity contribution < 1.29 is 19.1 Å². The van der Waals surface area contributed by atoms with E-state index in [1.807, 2.05) is 50.2 Å². The number of ether oxygens (including phenoxy) is 2. The molecule has 0 radical (unpaired) electrons. The molecule has 1 N–H and O–H groups in total. The van der Waals surface area contributed by atoms with Gasteiger partial charge in [-0.05, 0) is 43.7 Å². The molecule has 0 unspecified atom stereocenters. The molecule has 2 aromatic rings. The molecule has 138 valence electrons. The summed E-state index contributed by atoms with van der Waals surface area (Å²) in [5, 5.41) is 6.55. The standard InChI is InChI=1S/C20H24N2O4/c1-3-12-25-18-11-10-16(13-19(18)24-4-2)14-21-26-15-20(23)22-17-8-6-5-7-9-17/h5-11,13-14H,3-4,12,15H2,1-2H3,(H,22,23). The van der Waals surface area contributed by atoms with Gasteiger partial charge in [-0.25, -0.2) is 0 Å². The first-order valence-electron chi connectivity index (χ1n) is 8.62. The topological polar surface area (TPSA) is 69.2 Å². The maximum absolute atomic E-state index is 11.8. The zero-order valence-electron chi connectivity index (χ0n) is 15.1. The van der Waals surface area contributed by atoms with Gasteiger partial charge in [-0.2, -0.15) is 0 Å². The third kappa shape index (κ3) is 6.47. The van der Waals surface area contributed by atoms with Crippen LogP contribution < -0.4 is 14.8 Å². The minimum absolute atomic E-state index is 0.165. The minimum Gasteiger partial charge on any atom is -0.490 e. The molecular formula is C20H24N2O4. The van der Waals surface area contributed by atoms with E-state index in [0.29, 0.717) is 30.4 Å². The Morgan fingerprint density at radius 1 is 1.08 bits per heavy atom. The fourth-order valence-electron chi connectivity index (χ4n) is 2.12. The number of rotatable bonds is 10.